The molecule has 0 aromatic carbocycles. The number of methoxy groups -OCH3 is 1. The average molecular weight is 411 g/mol. The van der Waals surface area contributed by atoms with Crippen LogP contribution < -0.4 is 5.32 Å². The number of carbonyl (C=O) groups excluding carboxylic acids is 2. The van der Waals surface area contributed by atoms with Crippen LogP contribution in [0.5, 0.6) is 0 Å². The molecule has 7 nitrogen and oxygen atoms in total. The summed E-state index contributed by atoms with van der Waals surface area (Å²) in [5, 5.41) is 2.71. The molecular weight excluding hydrogens is 373 g/mol. The number of rotatable bonds is 5. The van der Waals surface area contributed by atoms with E-state index in [1.165, 1.54) is 7.11 Å². The molecule has 0 aromatic heterocycles. The Kier molecular flexibility index (Phi) is 5.92. The van der Waals surface area contributed by atoms with Crippen molar-refractivity contribution in [2.24, 2.45) is 5.41 Å². The highest BCUT2D eigenvalue weighted by Gasteiger charge is 2.76. The second-order valence-electron chi connectivity index (χ2n) is 10.9. The number of ether oxygens (including phenoxy) is 2. The highest BCUT2D eigenvalue weighted by atomic mass is 16.7. The lowest BCUT2D eigenvalue weighted by molar-refractivity contribution is -0.153. The van der Waals surface area contributed by atoms with Crippen LogP contribution in [0.1, 0.15) is 81.6 Å². The molecule has 4 rings (SSSR count). The van der Waals surface area contributed by atoms with Crippen molar-refractivity contribution in [2.75, 3.05) is 7.11 Å². The van der Waals surface area contributed by atoms with Gasteiger partial charge in [-0.05, 0) is 79.6 Å². The molecule has 1 aliphatic heterocycles. The second kappa shape index (κ2) is 7.15. The maximum absolute atomic E-state index is 12.2. The zero-order valence-electron chi connectivity index (χ0n) is 18.4. The van der Waals surface area contributed by atoms with Crippen molar-refractivity contribution in [3.05, 3.63) is 0 Å². The van der Waals surface area contributed by atoms with Gasteiger partial charge in [-0.3, -0.25) is 0 Å². The Morgan fingerprint density at radius 2 is 1.55 bits per heavy atom. The summed E-state index contributed by atoms with van der Waals surface area (Å²) >= 11 is 0. The summed E-state index contributed by atoms with van der Waals surface area (Å²) in [6.45, 7) is 13.6. The van der Waals surface area contributed by atoms with Crippen molar-refractivity contribution in [3.8, 4) is 0 Å². The van der Waals surface area contributed by atoms with Crippen LogP contribution in [0.4, 0.5) is 4.79 Å². The number of esters is 1. The first-order valence-corrected chi connectivity index (χ1v) is 10.1. The lowest BCUT2D eigenvalue weighted by atomic mass is 9.23. The number of hydrogen-bond acceptors (Lipinski definition) is 6. The van der Waals surface area contributed by atoms with Crippen LogP contribution in [0.3, 0.4) is 0 Å². The van der Waals surface area contributed by atoms with E-state index < -0.39 is 23.7 Å². The molecule has 1 atom stereocenters. The average Bonchev–Trinajstić information content (AvgIpc) is 2.65. The summed E-state index contributed by atoms with van der Waals surface area (Å²) in [7, 11) is 1.12. The van der Waals surface area contributed by atoms with E-state index in [0.29, 0.717) is 6.42 Å². The Bertz CT molecular complexity index is 633. The van der Waals surface area contributed by atoms with Gasteiger partial charge >= 0.3 is 19.2 Å². The Hall–Kier alpha value is -1.28. The van der Waals surface area contributed by atoms with E-state index in [2.05, 4.69) is 33.0 Å². The molecule has 1 N–H and O–H groups in total. The van der Waals surface area contributed by atoms with Crippen molar-refractivity contribution in [1.29, 1.82) is 0 Å². The number of amides is 1. The summed E-state index contributed by atoms with van der Waals surface area (Å²) in [5.74, 6) is -0.444. The van der Waals surface area contributed by atoms with Gasteiger partial charge in [0.25, 0.3) is 0 Å². The molecule has 4 aliphatic rings. The Morgan fingerprint density at radius 1 is 1.07 bits per heavy atom. The fraction of sp³-hybridized carbons (Fsp3) is 0.905. The maximum Gasteiger partial charge on any atom is 0.464 e. The van der Waals surface area contributed by atoms with Crippen LogP contribution in [-0.2, 0) is 23.6 Å². The highest BCUT2D eigenvalue weighted by molar-refractivity contribution is 6.51. The maximum atomic E-state index is 12.2. The van der Waals surface area contributed by atoms with Crippen molar-refractivity contribution >= 4 is 19.2 Å². The second-order valence-corrected chi connectivity index (χ2v) is 10.9. The zero-order valence-corrected chi connectivity index (χ0v) is 18.4. The summed E-state index contributed by atoms with van der Waals surface area (Å²) in [6, 6.07) is -0.712. The van der Waals surface area contributed by atoms with Crippen molar-refractivity contribution < 1.29 is 28.4 Å². The van der Waals surface area contributed by atoms with Gasteiger partial charge in [-0.1, -0.05) is 7.43 Å². The van der Waals surface area contributed by atoms with E-state index in [9.17, 15) is 9.59 Å². The molecular formula is C21H38BNO6. The van der Waals surface area contributed by atoms with Gasteiger partial charge in [-0.25, -0.2) is 9.59 Å². The molecule has 0 unspecified atom stereocenters. The predicted molar refractivity (Wildman–Crippen MR) is 112 cm³/mol. The van der Waals surface area contributed by atoms with Crippen LogP contribution in [0.2, 0.25) is 5.31 Å². The SMILES string of the molecule is C.COC(=O)[C@H](CC12CC(B3OC(C)(C)C(C)(C)O3)(C1)C2)NC(=O)OC(C)(C)C. The van der Waals surface area contributed by atoms with Gasteiger partial charge in [0.2, 0.25) is 0 Å². The van der Waals surface area contributed by atoms with E-state index in [-0.39, 0.29) is 36.5 Å². The highest BCUT2D eigenvalue weighted by Crippen LogP contribution is 2.82. The Labute approximate surface area is 175 Å². The first kappa shape index (κ1) is 24.0. The molecule has 0 radical (unpaired) electrons. The quantitative estimate of drug-likeness (QED) is 0.542. The van der Waals surface area contributed by atoms with Gasteiger partial charge < -0.3 is 24.1 Å². The largest absolute Gasteiger partial charge is 0.467 e. The number of alkyl carbamates (subject to hydrolysis) is 1. The van der Waals surface area contributed by atoms with E-state index in [1.54, 1.807) is 20.8 Å². The lowest BCUT2D eigenvalue weighted by Gasteiger charge is -2.71. The molecule has 3 aliphatic carbocycles. The van der Waals surface area contributed by atoms with Gasteiger partial charge in [-0.2, -0.15) is 0 Å². The molecule has 29 heavy (non-hydrogen) atoms. The minimum absolute atomic E-state index is 0. The Morgan fingerprint density at radius 3 is 1.97 bits per heavy atom. The number of carbonyl (C=O) groups is 2. The lowest BCUT2D eigenvalue weighted by Crippen LogP contribution is -2.66. The van der Waals surface area contributed by atoms with Crippen LogP contribution in [0.15, 0.2) is 0 Å². The van der Waals surface area contributed by atoms with Crippen LogP contribution in [-0.4, -0.2) is 49.1 Å². The molecule has 2 bridgehead atoms. The van der Waals surface area contributed by atoms with Crippen molar-refractivity contribution in [1.82, 2.24) is 5.32 Å². The van der Waals surface area contributed by atoms with Crippen LogP contribution >= 0.6 is 0 Å². The van der Waals surface area contributed by atoms with Crippen molar-refractivity contribution in [2.45, 2.75) is 110 Å². The zero-order chi connectivity index (χ0) is 21.2. The molecule has 0 spiro atoms. The number of hydrogen-bond donors (Lipinski definition) is 1. The normalized spacial score (nSPS) is 32.2. The monoisotopic (exact) mass is 411 g/mol. The van der Waals surface area contributed by atoms with E-state index in [4.69, 9.17) is 18.8 Å². The van der Waals surface area contributed by atoms with Gasteiger partial charge in [-0.15, -0.1) is 0 Å². The third kappa shape index (κ3) is 4.29. The van der Waals surface area contributed by atoms with Crippen LogP contribution in [0.25, 0.3) is 0 Å². The summed E-state index contributed by atoms with van der Waals surface area (Å²) in [5.41, 5.74) is -1.28. The van der Waals surface area contributed by atoms with Gasteiger partial charge in [0.05, 0.1) is 18.3 Å². The standard InChI is InChI=1S/C20H34BNO6.CH4/c1-16(2,3)26-15(24)22-13(14(23)25-8)9-19-10-20(11-19,12-19)21-27-17(4,5)18(6,7)28-21;/h13H,9-12H2,1-8H3,(H,22,24);1H4/t13-,19?,20?;/m0./s1. The van der Waals surface area contributed by atoms with Gasteiger partial charge in [0.1, 0.15) is 11.6 Å². The third-order valence-corrected chi connectivity index (χ3v) is 6.75. The Balaban J connectivity index is 0.00000300. The van der Waals surface area contributed by atoms with Gasteiger partial charge in [0.15, 0.2) is 0 Å². The van der Waals surface area contributed by atoms with E-state index in [1.807, 2.05) is 0 Å². The molecule has 8 heteroatoms. The van der Waals surface area contributed by atoms with Crippen molar-refractivity contribution in [3.63, 3.8) is 0 Å². The predicted octanol–water partition coefficient (Wildman–Crippen LogP) is 4.10. The summed E-state index contributed by atoms with van der Waals surface area (Å²) in [6.07, 6.45) is 2.73. The van der Waals surface area contributed by atoms with E-state index >= 15 is 0 Å². The van der Waals surface area contributed by atoms with Gasteiger partial charge in [0, 0.05) is 5.31 Å². The fourth-order valence-corrected chi connectivity index (χ4v) is 4.86. The molecule has 1 amide bonds. The molecule has 4 fully saturated rings. The molecule has 1 saturated heterocycles. The van der Waals surface area contributed by atoms with E-state index in [0.717, 1.165) is 19.3 Å². The minimum Gasteiger partial charge on any atom is -0.467 e. The molecule has 1 heterocycles. The molecule has 166 valence electrons. The number of nitrogens with one attached hydrogen (secondary N) is 1. The molecule has 0 aromatic rings. The third-order valence-electron chi connectivity index (χ3n) is 6.75. The molecule has 3 saturated carbocycles. The topological polar surface area (TPSA) is 83.1 Å². The minimum atomic E-state index is -0.712. The summed E-state index contributed by atoms with van der Waals surface area (Å²) < 4.78 is 22.7. The van der Waals surface area contributed by atoms with Crippen LogP contribution in [0, 0.1) is 5.41 Å². The first-order chi connectivity index (χ1) is 12.6. The smallest absolute Gasteiger partial charge is 0.464 e. The first-order valence-electron chi connectivity index (χ1n) is 10.1. The summed E-state index contributed by atoms with van der Waals surface area (Å²) in [4.78, 5) is 24.3. The fourth-order valence-electron chi connectivity index (χ4n) is 4.86.